The predicted molar refractivity (Wildman–Crippen MR) is 131 cm³/mol. The second kappa shape index (κ2) is 9.44. The van der Waals surface area contributed by atoms with E-state index in [9.17, 15) is 9.90 Å². The monoisotopic (exact) mass is 480 g/mol. The summed E-state index contributed by atoms with van der Waals surface area (Å²) in [6, 6.07) is 13.7. The van der Waals surface area contributed by atoms with Gasteiger partial charge in [0.25, 0.3) is 5.91 Å². The zero-order valence-corrected chi connectivity index (χ0v) is 19.9. The number of rotatable bonds is 6. The van der Waals surface area contributed by atoms with Crippen LogP contribution in [0.5, 0.6) is 17.2 Å². The molecule has 3 aromatic rings. The Labute approximate surface area is 202 Å². The molecule has 2 aromatic carbocycles. The van der Waals surface area contributed by atoms with Crippen LogP contribution in [0.4, 0.5) is 11.5 Å². The van der Waals surface area contributed by atoms with E-state index in [0.29, 0.717) is 33.5 Å². The highest BCUT2D eigenvalue weighted by atomic mass is 32.1. The number of methoxy groups -OCH3 is 2. The van der Waals surface area contributed by atoms with Gasteiger partial charge >= 0.3 is 0 Å². The molecular weight excluding hydrogens is 456 g/mol. The maximum absolute atomic E-state index is 13.6. The highest BCUT2D eigenvalue weighted by Crippen LogP contribution is 2.42. The smallest absolute Gasteiger partial charge is 0.257 e. The molecule has 0 bridgehead atoms. The number of aryl methyl sites for hydroxylation is 1. The molecule has 4 rings (SSSR count). The summed E-state index contributed by atoms with van der Waals surface area (Å²) in [5, 5.41) is 20.7. The number of aromatic hydroxyl groups is 1. The highest BCUT2D eigenvalue weighted by molar-refractivity contribution is 7.80. The number of carbonyl (C=O) groups excluding carboxylic acids is 1. The molecule has 0 saturated heterocycles. The van der Waals surface area contributed by atoms with Crippen LogP contribution in [0.3, 0.4) is 0 Å². The minimum atomic E-state index is -0.663. The molecule has 0 spiro atoms. The van der Waals surface area contributed by atoms with Crippen molar-refractivity contribution < 1.29 is 23.9 Å². The van der Waals surface area contributed by atoms with E-state index in [1.807, 2.05) is 37.3 Å². The fourth-order valence-corrected chi connectivity index (χ4v) is 4.22. The Morgan fingerprint density at radius 3 is 2.35 bits per heavy atom. The first kappa shape index (κ1) is 23.1. The lowest BCUT2D eigenvalue weighted by Gasteiger charge is -2.38. The highest BCUT2D eigenvalue weighted by Gasteiger charge is 2.36. The summed E-state index contributed by atoms with van der Waals surface area (Å²) in [4.78, 5) is 15.4. The third-order valence-corrected chi connectivity index (χ3v) is 5.75. The quantitative estimate of drug-likeness (QED) is 0.450. The average molecular weight is 481 g/mol. The van der Waals surface area contributed by atoms with Crippen molar-refractivity contribution in [1.29, 1.82) is 0 Å². The van der Waals surface area contributed by atoms with Crippen LogP contribution in [-0.2, 0) is 4.79 Å². The first-order chi connectivity index (χ1) is 16.3. The largest absolute Gasteiger partial charge is 0.502 e. The number of carbonyl (C=O) groups is 1. The van der Waals surface area contributed by atoms with Gasteiger partial charge in [0, 0.05) is 17.5 Å². The van der Waals surface area contributed by atoms with Gasteiger partial charge in [-0.25, -0.2) is 0 Å². The molecule has 10 heteroatoms. The van der Waals surface area contributed by atoms with Gasteiger partial charge in [0.05, 0.1) is 25.8 Å². The normalized spacial score (nSPS) is 15.7. The van der Waals surface area contributed by atoms with Crippen LogP contribution < -0.4 is 25.0 Å². The first-order valence-corrected chi connectivity index (χ1v) is 10.8. The molecule has 1 amide bonds. The van der Waals surface area contributed by atoms with Crippen molar-refractivity contribution in [3.63, 3.8) is 0 Å². The minimum absolute atomic E-state index is 0.136. The Bertz CT molecular complexity index is 1250. The molecule has 34 heavy (non-hydrogen) atoms. The lowest BCUT2D eigenvalue weighted by molar-refractivity contribution is -0.113. The van der Waals surface area contributed by atoms with Crippen LogP contribution in [0.2, 0.25) is 0 Å². The van der Waals surface area contributed by atoms with Crippen LogP contribution in [-0.4, -0.2) is 35.5 Å². The zero-order valence-electron chi connectivity index (χ0n) is 19.1. The van der Waals surface area contributed by atoms with Crippen molar-refractivity contribution in [3.05, 3.63) is 71.1 Å². The Morgan fingerprint density at radius 1 is 1.15 bits per heavy atom. The maximum Gasteiger partial charge on any atom is 0.257 e. The minimum Gasteiger partial charge on any atom is -0.502 e. The zero-order chi connectivity index (χ0) is 24.4. The summed E-state index contributed by atoms with van der Waals surface area (Å²) in [5.74, 6) is 0.746. The number of phenols is 1. The fraction of sp³-hybridized carbons (Fsp3) is 0.208. The predicted octanol–water partition coefficient (Wildman–Crippen LogP) is 4.05. The number of hydrogen-bond acceptors (Lipinski definition) is 7. The molecule has 0 saturated carbocycles. The van der Waals surface area contributed by atoms with E-state index < -0.39 is 11.9 Å². The SMILES string of the molecule is COc1cc([C@H]2NC(=S)N(c3ccccc3)C(C)=C2C(=O)Nc2cc(C)on2)cc(OC)c1O. The van der Waals surface area contributed by atoms with E-state index in [-0.39, 0.29) is 17.2 Å². The number of amides is 1. The van der Waals surface area contributed by atoms with Gasteiger partial charge in [0.1, 0.15) is 5.76 Å². The van der Waals surface area contributed by atoms with Crippen LogP contribution in [0.25, 0.3) is 0 Å². The maximum atomic E-state index is 13.6. The molecular formula is C24H24N4O5S. The second-order valence-electron chi connectivity index (χ2n) is 7.60. The van der Waals surface area contributed by atoms with Crippen molar-refractivity contribution in [2.24, 2.45) is 0 Å². The summed E-state index contributed by atoms with van der Waals surface area (Å²) in [5.41, 5.74) is 2.44. The molecule has 9 nitrogen and oxygen atoms in total. The van der Waals surface area contributed by atoms with E-state index in [4.69, 9.17) is 26.2 Å². The Morgan fingerprint density at radius 2 is 1.79 bits per heavy atom. The van der Waals surface area contributed by atoms with Gasteiger partial charge in [-0.2, -0.15) is 0 Å². The third kappa shape index (κ3) is 4.27. The topological polar surface area (TPSA) is 109 Å². The molecule has 0 fully saturated rings. The molecule has 1 aliphatic heterocycles. The third-order valence-electron chi connectivity index (χ3n) is 5.45. The molecule has 0 unspecified atom stereocenters. The molecule has 1 atom stereocenters. The van der Waals surface area contributed by atoms with Crippen LogP contribution in [0.1, 0.15) is 24.3 Å². The fourth-order valence-electron chi connectivity index (χ4n) is 3.86. The molecule has 2 heterocycles. The molecule has 1 aromatic heterocycles. The summed E-state index contributed by atoms with van der Waals surface area (Å²) >= 11 is 5.69. The lowest BCUT2D eigenvalue weighted by atomic mass is 9.93. The summed E-state index contributed by atoms with van der Waals surface area (Å²) in [7, 11) is 2.88. The van der Waals surface area contributed by atoms with E-state index in [1.54, 1.807) is 30.0 Å². The molecule has 0 radical (unpaired) electrons. The van der Waals surface area contributed by atoms with Gasteiger partial charge in [0.2, 0.25) is 5.75 Å². The molecule has 0 aliphatic carbocycles. The van der Waals surface area contributed by atoms with Gasteiger partial charge in [-0.3, -0.25) is 9.69 Å². The van der Waals surface area contributed by atoms with E-state index in [0.717, 1.165) is 5.69 Å². The van der Waals surface area contributed by atoms with Crippen molar-refractivity contribution in [3.8, 4) is 17.2 Å². The Balaban J connectivity index is 1.86. The van der Waals surface area contributed by atoms with E-state index >= 15 is 0 Å². The Kier molecular flexibility index (Phi) is 6.42. The number of phenolic OH excluding ortho intramolecular Hbond substituents is 1. The van der Waals surface area contributed by atoms with Crippen molar-refractivity contribution >= 4 is 34.7 Å². The standard InChI is InChI=1S/C24H24N4O5S/c1-13-10-19(27-33-13)25-23(30)20-14(2)28(16-8-6-5-7-9-16)24(34)26-21(20)15-11-17(31-3)22(29)18(12-15)32-4/h5-12,21,29H,1-4H3,(H,26,34)(H,25,27,30)/t21-/m1/s1. The average Bonchev–Trinajstić information content (AvgIpc) is 3.23. The van der Waals surface area contributed by atoms with E-state index in [1.165, 1.54) is 14.2 Å². The number of aromatic nitrogens is 1. The van der Waals surface area contributed by atoms with E-state index in [2.05, 4.69) is 15.8 Å². The number of anilines is 2. The first-order valence-electron chi connectivity index (χ1n) is 10.4. The summed E-state index contributed by atoms with van der Waals surface area (Å²) in [6.45, 7) is 3.56. The Hall–Kier alpha value is -4.05. The van der Waals surface area contributed by atoms with Crippen molar-refractivity contribution in [2.75, 3.05) is 24.4 Å². The molecule has 1 aliphatic rings. The number of thiocarbonyl (C=S) groups is 1. The number of nitrogens with zero attached hydrogens (tertiary/aromatic N) is 2. The van der Waals surface area contributed by atoms with Gasteiger partial charge in [-0.05, 0) is 55.9 Å². The second-order valence-corrected chi connectivity index (χ2v) is 7.99. The number of ether oxygens (including phenoxy) is 2. The van der Waals surface area contributed by atoms with Crippen molar-refractivity contribution in [1.82, 2.24) is 10.5 Å². The van der Waals surface area contributed by atoms with Crippen molar-refractivity contribution in [2.45, 2.75) is 19.9 Å². The van der Waals surface area contributed by atoms with Gasteiger partial charge in [-0.15, -0.1) is 0 Å². The van der Waals surface area contributed by atoms with Gasteiger partial charge in [0.15, 0.2) is 22.4 Å². The summed E-state index contributed by atoms with van der Waals surface area (Å²) in [6.07, 6.45) is 0. The number of nitrogens with one attached hydrogen (secondary N) is 2. The number of allylic oxidation sites excluding steroid dienone is 1. The van der Waals surface area contributed by atoms with Crippen LogP contribution in [0, 0.1) is 6.92 Å². The molecule has 176 valence electrons. The lowest BCUT2D eigenvalue weighted by Crippen LogP contribution is -2.48. The van der Waals surface area contributed by atoms with Crippen LogP contribution >= 0.6 is 12.2 Å². The van der Waals surface area contributed by atoms with Gasteiger partial charge < -0.3 is 29.7 Å². The van der Waals surface area contributed by atoms with Gasteiger partial charge in [-0.1, -0.05) is 23.4 Å². The summed E-state index contributed by atoms with van der Waals surface area (Å²) < 4.78 is 15.7. The number of para-hydroxylation sites is 1. The number of hydrogen-bond donors (Lipinski definition) is 3. The molecule has 3 N–H and O–H groups in total. The number of benzene rings is 2. The van der Waals surface area contributed by atoms with Crippen LogP contribution in [0.15, 0.2) is 64.3 Å².